The molecular formula is C75H79N5O8. The molecule has 9 aromatic rings. The van der Waals surface area contributed by atoms with E-state index in [0.29, 0.717) is 57.7 Å². The van der Waals surface area contributed by atoms with Crippen molar-refractivity contribution in [2.24, 2.45) is 17.8 Å². The minimum Gasteiger partial charge on any atom is -0.445 e. The number of ether oxygens (including phenoxy) is 1. The van der Waals surface area contributed by atoms with Gasteiger partial charge in [0.1, 0.15) is 31.5 Å². The van der Waals surface area contributed by atoms with Gasteiger partial charge >= 0.3 is 6.09 Å². The molecule has 0 aliphatic heterocycles. The summed E-state index contributed by atoms with van der Waals surface area (Å²) in [7, 11) is 0. The number of hydrogen-bond acceptors (Lipinski definition) is 8. The summed E-state index contributed by atoms with van der Waals surface area (Å²) in [5.41, 5.74) is 9.33. The number of fused-ring (bicyclic) bond motifs is 1. The summed E-state index contributed by atoms with van der Waals surface area (Å²) < 4.78 is 5.23. The number of alkyl carbamates (subject to hydrolysis) is 1. The van der Waals surface area contributed by atoms with Crippen LogP contribution in [0.1, 0.15) is 64.8 Å². The molecule has 5 atom stereocenters. The van der Waals surface area contributed by atoms with E-state index in [4.69, 9.17) is 4.74 Å². The normalized spacial score (nSPS) is 12.5. The van der Waals surface area contributed by atoms with E-state index in [1.807, 2.05) is 257 Å². The highest BCUT2D eigenvalue weighted by Gasteiger charge is 2.29. The van der Waals surface area contributed by atoms with Gasteiger partial charge in [0.2, 0.25) is 17.7 Å². The van der Waals surface area contributed by atoms with Crippen molar-refractivity contribution in [2.75, 3.05) is 0 Å². The molecule has 0 bridgehead atoms. The van der Waals surface area contributed by atoms with Gasteiger partial charge in [0.05, 0.1) is 18.1 Å². The monoisotopic (exact) mass is 1180 g/mol. The van der Waals surface area contributed by atoms with E-state index >= 15 is 0 Å². The van der Waals surface area contributed by atoms with Crippen molar-refractivity contribution in [1.82, 2.24) is 26.3 Å². The summed E-state index contributed by atoms with van der Waals surface area (Å²) in [5, 5.41) is 12.4. The molecule has 0 radical (unpaired) electrons. The molecule has 0 unspecified atom stereocenters. The number of aldehydes is 3. The van der Waals surface area contributed by atoms with Crippen molar-refractivity contribution in [3.8, 4) is 0 Å². The average Bonchev–Trinajstić information content (AvgIpc) is 4.21. The predicted octanol–water partition coefficient (Wildman–Crippen LogP) is 11.8. The second-order valence-electron chi connectivity index (χ2n) is 21.9. The lowest BCUT2D eigenvalue weighted by Crippen LogP contribution is -2.53. The van der Waals surface area contributed by atoms with Crippen molar-refractivity contribution in [1.29, 1.82) is 0 Å². The third kappa shape index (κ3) is 22.1. The number of rotatable bonds is 28. The quantitative estimate of drug-likeness (QED) is 0.0299. The molecule has 1 heterocycles. The van der Waals surface area contributed by atoms with Crippen molar-refractivity contribution >= 4 is 53.6 Å². The Labute approximate surface area is 516 Å². The van der Waals surface area contributed by atoms with E-state index in [1.54, 1.807) is 0 Å². The fourth-order valence-electron chi connectivity index (χ4n) is 10.2. The Kier molecular flexibility index (Phi) is 26.9. The van der Waals surface area contributed by atoms with E-state index in [0.717, 1.165) is 68.0 Å². The summed E-state index contributed by atoms with van der Waals surface area (Å²) >= 11 is 0. The van der Waals surface area contributed by atoms with Gasteiger partial charge in [-0.05, 0) is 95.0 Å². The Morgan fingerprint density at radius 1 is 0.398 bits per heavy atom. The zero-order chi connectivity index (χ0) is 62.1. The largest absolute Gasteiger partial charge is 0.445 e. The maximum Gasteiger partial charge on any atom is 0.408 e. The van der Waals surface area contributed by atoms with Crippen molar-refractivity contribution in [2.45, 2.75) is 96.0 Å². The molecule has 13 nitrogen and oxygen atoms in total. The number of carbonyl (C=O) groups is 7. The molecule has 0 saturated carbocycles. The molecule has 13 heteroatoms. The van der Waals surface area contributed by atoms with Gasteiger partial charge in [-0.1, -0.05) is 251 Å². The van der Waals surface area contributed by atoms with Crippen LogP contribution in [0.25, 0.3) is 10.9 Å². The Bertz CT molecular complexity index is 3440. The van der Waals surface area contributed by atoms with Gasteiger partial charge in [-0.3, -0.25) is 14.4 Å². The van der Waals surface area contributed by atoms with Gasteiger partial charge in [0, 0.05) is 35.4 Å². The van der Waals surface area contributed by atoms with Gasteiger partial charge in [-0.25, -0.2) is 4.79 Å². The number of benzene rings is 8. The van der Waals surface area contributed by atoms with Crippen LogP contribution in [0, 0.1) is 17.8 Å². The van der Waals surface area contributed by atoms with Crippen LogP contribution >= 0.6 is 0 Å². The van der Waals surface area contributed by atoms with Gasteiger partial charge in [0.15, 0.2) is 0 Å². The number of amides is 4. The molecule has 0 aliphatic carbocycles. The topological polar surface area (TPSA) is 193 Å². The number of nitrogens with one attached hydrogen (secondary N) is 5. The first-order chi connectivity index (χ1) is 43.0. The molecule has 88 heavy (non-hydrogen) atoms. The zero-order valence-electron chi connectivity index (χ0n) is 50.0. The Hall–Kier alpha value is -10.0. The SMILES string of the molecule is CC[C@H](C)[C@H](NC(=O)OCc1ccccc1)C(=O)N[C@H](C=O)Cc1ccccc1.O=C[C@H](Cc1c[nH]c2ccccc12)NC(=O)C(Cc1ccccc1)Cc1ccccc1.O=C[C@H](Cc1ccccc1)NC(=O)C(Cc1ccccc1)Cc1ccccc1. The first-order valence-electron chi connectivity index (χ1n) is 30.0. The minimum atomic E-state index is -0.790. The van der Waals surface area contributed by atoms with Crippen LogP contribution in [0.3, 0.4) is 0 Å². The van der Waals surface area contributed by atoms with E-state index in [1.165, 1.54) is 0 Å². The fraction of sp³-hybridized carbons (Fsp3) is 0.240. The standard InChI is InChI=1S/C27H26N2O2.C25H25NO2.C23H28N2O4/c30-19-24(17-23-18-28-26-14-8-7-13-25(23)26)29-27(31)22(15-20-9-3-1-4-10-20)16-21-11-5-2-6-12-21;27-19-24(18-22-14-8-3-9-15-22)26-25(28)23(16-20-10-4-1-5-11-20)17-21-12-6-2-7-13-21;1-3-17(2)21(25-23(28)29-16-19-12-8-5-9-13-19)22(27)24-20(15-26)14-18-10-6-4-7-11-18/h1-14,18-19,22,24,28H,15-17H2,(H,29,31);1-15,19,23-24H,16-18H2,(H,26,28);4-13,15,17,20-21H,3,14,16H2,1-2H3,(H,24,27)(H,25,28)/t2*24-;17-,20-,21-/m000/s1. The lowest BCUT2D eigenvalue weighted by Gasteiger charge is -2.25. The summed E-state index contributed by atoms with van der Waals surface area (Å²) in [6, 6.07) is 74.0. The lowest BCUT2D eigenvalue weighted by atomic mass is 9.91. The van der Waals surface area contributed by atoms with E-state index in [9.17, 15) is 33.6 Å². The zero-order valence-corrected chi connectivity index (χ0v) is 50.0. The van der Waals surface area contributed by atoms with Crippen LogP contribution in [0.15, 0.2) is 243 Å². The number of aromatic amines is 1. The average molecular weight is 1180 g/mol. The Balaban J connectivity index is 0.000000189. The molecule has 5 N–H and O–H groups in total. The predicted molar refractivity (Wildman–Crippen MR) is 347 cm³/mol. The van der Waals surface area contributed by atoms with Crippen LogP contribution in [0.4, 0.5) is 4.79 Å². The summed E-state index contributed by atoms with van der Waals surface area (Å²) in [6.07, 6.45) is 8.18. The number of hydrogen-bond donors (Lipinski definition) is 5. The molecule has 0 spiro atoms. The molecule has 1 aromatic heterocycles. The van der Waals surface area contributed by atoms with Crippen molar-refractivity contribution in [3.63, 3.8) is 0 Å². The summed E-state index contributed by atoms with van der Waals surface area (Å²) in [5.74, 6) is -1.18. The second kappa shape index (κ2) is 36.1. The molecule has 8 aromatic carbocycles. The number of carbonyl (C=O) groups excluding carboxylic acids is 7. The summed E-state index contributed by atoms with van der Waals surface area (Å²) in [6.45, 7) is 3.92. The van der Waals surface area contributed by atoms with Crippen LogP contribution in [-0.2, 0) is 85.1 Å². The number of aromatic nitrogens is 1. The van der Waals surface area contributed by atoms with Crippen molar-refractivity contribution < 1.29 is 38.3 Å². The van der Waals surface area contributed by atoms with Crippen LogP contribution in [0.2, 0.25) is 0 Å². The molecule has 0 aliphatic rings. The maximum atomic E-state index is 13.2. The Morgan fingerprint density at radius 2 is 0.716 bits per heavy atom. The minimum absolute atomic E-state index is 0.0827. The molecule has 4 amide bonds. The van der Waals surface area contributed by atoms with Crippen LogP contribution in [-0.4, -0.2) is 71.8 Å². The molecule has 452 valence electrons. The highest BCUT2D eigenvalue weighted by atomic mass is 16.5. The molecular weight excluding hydrogens is 1100 g/mol. The van der Waals surface area contributed by atoms with Gasteiger partial charge in [-0.15, -0.1) is 0 Å². The molecule has 0 fully saturated rings. The first-order valence-corrected chi connectivity index (χ1v) is 30.0. The third-order valence-electron chi connectivity index (χ3n) is 15.2. The number of H-pyrrole nitrogens is 1. The lowest BCUT2D eigenvalue weighted by molar-refractivity contribution is -0.127. The van der Waals surface area contributed by atoms with E-state index < -0.39 is 36.2 Å². The van der Waals surface area contributed by atoms with Crippen LogP contribution < -0.4 is 21.3 Å². The Morgan fingerprint density at radius 3 is 1.08 bits per heavy atom. The third-order valence-corrected chi connectivity index (χ3v) is 15.2. The van der Waals surface area contributed by atoms with E-state index in [-0.39, 0.29) is 36.2 Å². The van der Waals surface area contributed by atoms with Gasteiger partial charge in [-0.2, -0.15) is 0 Å². The van der Waals surface area contributed by atoms with Gasteiger partial charge < -0.3 is 45.4 Å². The smallest absolute Gasteiger partial charge is 0.408 e. The first kappa shape index (κ1) is 65.5. The van der Waals surface area contributed by atoms with Gasteiger partial charge in [0.25, 0.3) is 0 Å². The van der Waals surface area contributed by atoms with Crippen molar-refractivity contribution in [3.05, 3.63) is 287 Å². The highest BCUT2D eigenvalue weighted by Crippen LogP contribution is 2.21. The summed E-state index contributed by atoms with van der Waals surface area (Å²) in [4.78, 5) is 89.3. The highest BCUT2D eigenvalue weighted by molar-refractivity contribution is 5.88. The second-order valence-corrected chi connectivity index (χ2v) is 21.9. The fourth-order valence-corrected chi connectivity index (χ4v) is 10.2. The van der Waals surface area contributed by atoms with Crippen LogP contribution in [0.5, 0.6) is 0 Å². The number of para-hydroxylation sites is 1. The molecule has 9 rings (SSSR count). The van der Waals surface area contributed by atoms with E-state index in [2.05, 4.69) is 26.3 Å². The molecule has 0 saturated heterocycles. The maximum absolute atomic E-state index is 13.2.